The summed E-state index contributed by atoms with van der Waals surface area (Å²) >= 11 is 5.92. The maximum atomic E-state index is 12.2. The summed E-state index contributed by atoms with van der Waals surface area (Å²) in [4.78, 5) is 14.0. The van der Waals surface area contributed by atoms with Gasteiger partial charge in [0.1, 0.15) is 5.52 Å². The van der Waals surface area contributed by atoms with Crippen molar-refractivity contribution in [3.63, 3.8) is 0 Å². The van der Waals surface area contributed by atoms with E-state index >= 15 is 0 Å². The number of allylic oxidation sites excluding steroid dienone is 1. The lowest BCUT2D eigenvalue weighted by molar-refractivity contribution is 0.104. The Labute approximate surface area is 138 Å². The minimum absolute atomic E-state index is 0.0659. The van der Waals surface area contributed by atoms with Crippen LogP contribution in [0.4, 0.5) is 0 Å². The Bertz CT molecular complexity index is 880. The molecule has 23 heavy (non-hydrogen) atoms. The Morgan fingerprint density at radius 1 is 1.17 bits per heavy atom. The summed E-state index contributed by atoms with van der Waals surface area (Å²) in [5.41, 5.74) is 2.17. The molecule has 0 spiro atoms. The average molecular weight is 327 g/mol. The zero-order valence-electron chi connectivity index (χ0n) is 12.8. The molecule has 3 rings (SSSR count). The zero-order valence-corrected chi connectivity index (χ0v) is 13.5. The Kier molecular flexibility index (Phi) is 4.17. The molecular formula is C18H15ClN2O2. The first-order chi connectivity index (χ1) is 11.0. The molecule has 0 aliphatic carbocycles. The van der Waals surface area contributed by atoms with Crippen LogP contribution in [-0.2, 0) is 0 Å². The van der Waals surface area contributed by atoms with E-state index in [4.69, 9.17) is 16.1 Å². The number of hydrogen-bond acceptors (Lipinski definition) is 4. The molecule has 0 fully saturated rings. The molecule has 2 aromatic carbocycles. The molecule has 4 nitrogen and oxygen atoms in total. The van der Waals surface area contributed by atoms with E-state index in [1.54, 1.807) is 36.5 Å². The van der Waals surface area contributed by atoms with Crippen molar-refractivity contribution >= 4 is 28.3 Å². The molecule has 0 atom stereocenters. The molecule has 0 aliphatic rings. The third-order valence-electron chi connectivity index (χ3n) is 3.39. The van der Waals surface area contributed by atoms with Gasteiger partial charge in [0.2, 0.25) is 0 Å². The lowest BCUT2D eigenvalue weighted by Gasteiger charge is -2.03. The van der Waals surface area contributed by atoms with Crippen molar-refractivity contribution in [2.24, 2.45) is 0 Å². The summed E-state index contributed by atoms with van der Waals surface area (Å²) in [6.45, 7) is 0. The highest BCUT2D eigenvalue weighted by Gasteiger charge is 2.13. The molecule has 1 aromatic heterocycles. The second-order valence-electron chi connectivity index (χ2n) is 5.39. The molecule has 0 N–H and O–H groups in total. The number of rotatable bonds is 4. The van der Waals surface area contributed by atoms with E-state index in [2.05, 4.69) is 5.16 Å². The second kappa shape index (κ2) is 6.26. The molecule has 1 heterocycles. The Morgan fingerprint density at radius 3 is 2.61 bits per heavy atom. The Morgan fingerprint density at radius 2 is 1.91 bits per heavy atom. The first-order valence-corrected chi connectivity index (χ1v) is 7.47. The minimum atomic E-state index is -0.0659. The molecule has 0 unspecified atom stereocenters. The molecule has 0 bridgehead atoms. The topological polar surface area (TPSA) is 46.3 Å². The van der Waals surface area contributed by atoms with Gasteiger partial charge in [0.15, 0.2) is 11.5 Å². The van der Waals surface area contributed by atoms with Crippen LogP contribution in [0.3, 0.4) is 0 Å². The van der Waals surface area contributed by atoms with Gasteiger partial charge in [-0.15, -0.1) is 0 Å². The van der Waals surface area contributed by atoms with Gasteiger partial charge >= 0.3 is 0 Å². The summed E-state index contributed by atoms with van der Waals surface area (Å²) in [5.74, 6) is 0.562. The van der Waals surface area contributed by atoms with Crippen LogP contribution in [0.25, 0.3) is 22.2 Å². The van der Waals surface area contributed by atoms with Gasteiger partial charge in [-0.3, -0.25) is 4.79 Å². The minimum Gasteiger partial charge on any atom is -0.383 e. The van der Waals surface area contributed by atoms with Crippen molar-refractivity contribution in [3.05, 3.63) is 65.3 Å². The van der Waals surface area contributed by atoms with E-state index < -0.39 is 0 Å². The fourth-order valence-electron chi connectivity index (χ4n) is 2.22. The highest BCUT2D eigenvalue weighted by Crippen LogP contribution is 2.30. The van der Waals surface area contributed by atoms with E-state index in [9.17, 15) is 4.79 Å². The smallest absolute Gasteiger partial charge is 0.187 e. The van der Waals surface area contributed by atoms with Crippen LogP contribution in [0.15, 0.2) is 59.3 Å². The number of fused-ring (bicyclic) bond motifs is 1. The summed E-state index contributed by atoms with van der Waals surface area (Å²) in [6, 6.07) is 12.7. The van der Waals surface area contributed by atoms with Crippen molar-refractivity contribution in [2.75, 3.05) is 14.1 Å². The van der Waals surface area contributed by atoms with Crippen molar-refractivity contribution < 1.29 is 9.32 Å². The highest BCUT2D eigenvalue weighted by molar-refractivity contribution is 6.30. The maximum absolute atomic E-state index is 12.2. The van der Waals surface area contributed by atoms with E-state index in [0.29, 0.717) is 21.9 Å². The normalized spacial score (nSPS) is 11.3. The van der Waals surface area contributed by atoms with E-state index in [1.807, 2.05) is 31.1 Å². The fraction of sp³-hybridized carbons (Fsp3) is 0.111. The van der Waals surface area contributed by atoms with Gasteiger partial charge < -0.3 is 9.42 Å². The first-order valence-electron chi connectivity index (χ1n) is 7.09. The van der Waals surface area contributed by atoms with Gasteiger partial charge in [0.05, 0.1) is 5.39 Å². The molecule has 0 aliphatic heterocycles. The number of aromatic nitrogens is 1. The Hall–Kier alpha value is -2.59. The largest absolute Gasteiger partial charge is 0.383 e. The molecular weight excluding hydrogens is 312 g/mol. The number of benzene rings is 2. The highest BCUT2D eigenvalue weighted by atomic mass is 35.5. The molecule has 116 valence electrons. The van der Waals surface area contributed by atoms with Crippen molar-refractivity contribution in [1.82, 2.24) is 10.1 Å². The number of nitrogens with zero attached hydrogens (tertiary/aromatic N) is 2. The van der Waals surface area contributed by atoms with Crippen LogP contribution in [-0.4, -0.2) is 29.9 Å². The lowest BCUT2D eigenvalue weighted by Crippen LogP contribution is -2.03. The van der Waals surface area contributed by atoms with E-state index in [-0.39, 0.29) is 5.78 Å². The molecule has 0 amide bonds. The number of ketones is 1. The van der Waals surface area contributed by atoms with Gasteiger partial charge in [-0.2, -0.15) is 0 Å². The van der Waals surface area contributed by atoms with Gasteiger partial charge in [-0.1, -0.05) is 16.8 Å². The molecule has 0 radical (unpaired) electrons. The van der Waals surface area contributed by atoms with E-state index in [0.717, 1.165) is 10.9 Å². The van der Waals surface area contributed by atoms with Crippen LogP contribution in [0.2, 0.25) is 5.02 Å². The van der Waals surface area contributed by atoms with Crippen molar-refractivity contribution in [3.8, 4) is 11.3 Å². The predicted octanol–water partition coefficient (Wildman–Crippen LogP) is 4.41. The van der Waals surface area contributed by atoms with Crippen LogP contribution < -0.4 is 0 Å². The maximum Gasteiger partial charge on any atom is 0.187 e. The van der Waals surface area contributed by atoms with Gasteiger partial charge in [-0.25, -0.2) is 0 Å². The SMILES string of the molecule is CN(C)C=CC(=O)c1ccc2noc(-c3ccc(Cl)cc3)c2c1. The number of carbonyl (C=O) groups is 1. The third-order valence-corrected chi connectivity index (χ3v) is 3.64. The van der Waals surface area contributed by atoms with Gasteiger partial charge in [0, 0.05) is 42.5 Å². The third kappa shape index (κ3) is 3.27. The molecule has 3 aromatic rings. The van der Waals surface area contributed by atoms with Crippen LogP contribution in [0.1, 0.15) is 10.4 Å². The quantitative estimate of drug-likeness (QED) is 0.526. The second-order valence-corrected chi connectivity index (χ2v) is 5.83. The zero-order chi connectivity index (χ0) is 16.4. The molecule has 0 saturated carbocycles. The lowest BCUT2D eigenvalue weighted by atomic mass is 10.0. The molecule has 0 saturated heterocycles. The van der Waals surface area contributed by atoms with Crippen LogP contribution >= 0.6 is 11.6 Å². The summed E-state index contributed by atoms with van der Waals surface area (Å²) in [5, 5.41) is 5.50. The Balaban J connectivity index is 2.03. The predicted molar refractivity (Wildman–Crippen MR) is 91.6 cm³/mol. The first kappa shape index (κ1) is 15.3. The monoisotopic (exact) mass is 326 g/mol. The van der Waals surface area contributed by atoms with Gasteiger partial charge in [-0.05, 0) is 42.5 Å². The average Bonchev–Trinajstić information content (AvgIpc) is 2.96. The number of hydrogen-bond donors (Lipinski definition) is 0. The van der Waals surface area contributed by atoms with Gasteiger partial charge in [0.25, 0.3) is 0 Å². The van der Waals surface area contributed by atoms with Crippen molar-refractivity contribution in [1.29, 1.82) is 0 Å². The van der Waals surface area contributed by atoms with E-state index in [1.165, 1.54) is 6.08 Å². The number of halogens is 1. The number of carbonyl (C=O) groups excluding carboxylic acids is 1. The van der Waals surface area contributed by atoms with Crippen LogP contribution in [0, 0.1) is 0 Å². The summed E-state index contributed by atoms with van der Waals surface area (Å²) < 4.78 is 5.44. The summed E-state index contributed by atoms with van der Waals surface area (Å²) in [7, 11) is 3.73. The van der Waals surface area contributed by atoms with Crippen molar-refractivity contribution in [2.45, 2.75) is 0 Å². The fourth-order valence-corrected chi connectivity index (χ4v) is 2.34. The summed E-state index contributed by atoms with van der Waals surface area (Å²) in [6.07, 6.45) is 3.26. The molecule has 5 heteroatoms. The standard InChI is InChI=1S/C18H15ClN2O2/c1-21(2)10-9-17(22)13-5-8-16-15(11-13)18(23-20-16)12-3-6-14(19)7-4-12/h3-11H,1-2H3. The van der Waals surface area contributed by atoms with Crippen LogP contribution in [0.5, 0.6) is 0 Å².